The quantitative estimate of drug-likeness (QED) is 0.925. The molecule has 3 aliphatic rings. The molecule has 0 aromatic heterocycles. The summed E-state index contributed by atoms with van der Waals surface area (Å²) in [7, 11) is 0. The summed E-state index contributed by atoms with van der Waals surface area (Å²) < 4.78 is 11.6. The molecule has 1 spiro atoms. The molecular weight excluding hydrogens is 302 g/mol. The normalized spacial score (nSPS) is 27.5. The summed E-state index contributed by atoms with van der Waals surface area (Å²) in [5, 5.41) is 11.2. The molecule has 1 N–H and O–H groups in total. The third kappa shape index (κ3) is 3.38. The topological polar surface area (TPSA) is 41.9 Å². The monoisotopic (exact) mass is 331 g/mol. The van der Waals surface area contributed by atoms with Gasteiger partial charge in [-0.25, -0.2) is 0 Å². The van der Waals surface area contributed by atoms with Gasteiger partial charge in [0.25, 0.3) is 0 Å². The molecule has 1 saturated carbocycles. The van der Waals surface area contributed by atoms with E-state index >= 15 is 0 Å². The van der Waals surface area contributed by atoms with Crippen LogP contribution in [0.4, 0.5) is 0 Å². The first-order chi connectivity index (χ1) is 11.7. The van der Waals surface area contributed by atoms with Crippen LogP contribution >= 0.6 is 0 Å². The van der Waals surface area contributed by atoms with Crippen molar-refractivity contribution in [1.82, 2.24) is 4.90 Å². The van der Waals surface area contributed by atoms with Crippen LogP contribution < -0.4 is 0 Å². The molecule has 0 unspecified atom stereocenters. The van der Waals surface area contributed by atoms with Crippen LogP contribution in [0.15, 0.2) is 30.3 Å². The third-order valence-electron chi connectivity index (χ3n) is 6.29. The SMILES string of the molecule is OC1(C2CCC3(CC2)OCCO3)CCN(Cc2ccccc2)CC1. The van der Waals surface area contributed by atoms with Crippen LogP contribution in [-0.4, -0.2) is 47.7 Å². The predicted octanol–water partition coefficient (Wildman–Crippen LogP) is 2.95. The van der Waals surface area contributed by atoms with Gasteiger partial charge in [0.05, 0.1) is 18.8 Å². The first-order valence-electron chi connectivity index (χ1n) is 9.44. The number of hydrogen-bond donors (Lipinski definition) is 1. The van der Waals surface area contributed by atoms with Gasteiger partial charge in [0.15, 0.2) is 5.79 Å². The summed E-state index contributed by atoms with van der Waals surface area (Å²) in [6.45, 7) is 4.42. The van der Waals surface area contributed by atoms with Crippen LogP contribution in [0.5, 0.6) is 0 Å². The minimum atomic E-state index is -0.493. The largest absolute Gasteiger partial charge is 0.390 e. The number of benzene rings is 1. The van der Waals surface area contributed by atoms with Crippen molar-refractivity contribution >= 4 is 0 Å². The van der Waals surface area contributed by atoms with E-state index in [2.05, 4.69) is 35.2 Å². The zero-order valence-corrected chi connectivity index (χ0v) is 14.5. The number of hydrogen-bond acceptors (Lipinski definition) is 4. The molecule has 2 heterocycles. The molecule has 1 aromatic carbocycles. The van der Waals surface area contributed by atoms with E-state index in [1.165, 1.54) is 5.56 Å². The fraction of sp³-hybridized carbons (Fsp3) is 0.700. The van der Waals surface area contributed by atoms with Crippen molar-refractivity contribution in [1.29, 1.82) is 0 Å². The van der Waals surface area contributed by atoms with E-state index < -0.39 is 5.60 Å². The molecule has 0 radical (unpaired) electrons. The van der Waals surface area contributed by atoms with Gasteiger partial charge in [-0.3, -0.25) is 4.90 Å². The Balaban J connectivity index is 1.30. The third-order valence-corrected chi connectivity index (χ3v) is 6.29. The van der Waals surface area contributed by atoms with Gasteiger partial charge in [-0.2, -0.15) is 0 Å². The number of piperidine rings is 1. The summed E-state index contributed by atoms with van der Waals surface area (Å²) in [5.74, 6) is 0.0794. The second-order valence-electron chi connectivity index (χ2n) is 7.75. The second kappa shape index (κ2) is 6.75. The zero-order chi connectivity index (χ0) is 16.5. The molecule has 1 aromatic rings. The lowest BCUT2D eigenvalue weighted by Gasteiger charge is -2.46. The lowest BCUT2D eigenvalue weighted by atomic mass is 9.71. The fourth-order valence-corrected chi connectivity index (χ4v) is 4.73. The van der Waals surface area contributed by atoms with E-state index in [1.54, 1.807) is 0 Å². The smallest absolute Gasteiger partial charge is 0.168 e. The summed E-state index contributed by atoms with van der Waals surface area (Å²) >= 11 is 0. The molecule has 0 atom stereocenters. The Hall–Kier alpha value is -0.940. The Morgan fingerprint density at radius 2 is 1.58 bits per heavy atom. The van der Waals surface area contributed by atoms with Crippen LogP contribution in [-0.2, 0) is 16.0 Å². The molecule has 3 fully saturated rings. The van der Waals surface area contributed by atoms with Gasteiger partial charge < -0.3 is 14.6 Å². The number of ether oxygens (including phenoxy) is 2. The van der Waals surface area contributed by atoms with Crippen molar-refractivity contribution in [2.75, 3.05) is 26.3 Å². The van der Waals surface area contributed by atoms with Gasteiger partial charge in [-0.15, -0.1) is 0 Å². The van der Waals surface area contributed by atoms with Gasteiger partial charge in [0.1, 0.15) is 0 Å². The highest BCUT2D eigenvalue weighted by molar-refractivity contribution is 5.14. The minimum absolute atomic E-state index is 0.319. The van der Waals surface area contributed by atoms with E-state index in [0.29, 0.717) is 5.92 Å². The predicted molar refractivity (Wildman–Crippen MR) is 92.5 cm³/mol. The van der Waals surface area contributed by atoms with Crippen LogP contribution in [0.25, 0.3) is 0 Å². The molecule has 24 heavy (non-hydrogen) atoms. The van der Waals surface area contributed by atoms with E-state index in [1.807, 2.05) is 0 Å². The standard InChI is InChI=1S/C20H29NO3/c22-19(18-6-8-20(9-7-18)23-14-15-24-20)10-12-21(13-11-19)16-17-4-2-1-3-5-17/h1-5,18,22H,6-16H2. The average Bonchev–Trinajstić information content (AvgIpc) is 3.07. The molecular formula is C20H29NO3. The fourth-order valence-electron chi connectivity index (χ4n) is 4.73. The van der Waals surface area contributed by atoms with E-state index in [4.69, 9.17) is 9.47 Å². The van der Waals surface area contributed by atoms with Crippen molar-refractivity contribution in [3.8, 4) is 0 Å². The molecule has 132 valence electrons. The Morgan fingerprint density at radius 3 is 2.21 bits per heavy atom. The first kappa shape index (κ1) is 16.5. The maximum Gasteiger partial charge on any atom is 0.168 e. The maximum atomic E-state index is 11.2. The highest BCUT2D eigenvalue weighted by Crippen LogP contribution is 2.45. The van der Waals surface area contributed by atoms with Gasteiger partial charge in [-0.1, -0.05) is 30.3 Å². The molecule has 4 heteroatoms. The van der Waals surface area contributed by atoms with Crippen molar-refractivity contribution < 1.29 is 14.6 Å². The van der Waals surface area contributed by atoms with Gasteiger partial charge in [-0.05, 0) is 37.2 Å². The molecule has 0 amide bonds. The minimum Gasteiger partial charge on any atom is -0.390 e. The summed E-state index contributed by atoms with van der Waals surface area (Å²) in [6.07, 6.45) is 5.70. The van der Waals surface area contributed by atoms with Crippen LogP contribution in [0.3, 0.4) is 0 Å². The average molecular weight is 331 g/mol. The van der Waals surface area contributed by atoms with Crippen LogP contribution in [0.2, 0.25) is 0 Å². The zero-order valence-electron chi connectivity index (χ0n) is 14.5. The Kier molecular flexibility index (Phi) is 4.65. The van der Waals surface area contributed by atoms with Gasteiger partial charge >= 0.3 is 0 Å². The molecule has 0 bridgehead atoms. The number of likely N-dealkylation sites (tertiary alicyclic amines) is 1. The second-order valence-corrected chi connectivity index (χ2v) is 7.75. The van der Waals surface area contributed by atoms with Crippen molar-refractivity contribution in [3.63, 3.8) is 0 Å². The Labute approximate surface area is 144 Å². The maximum absolute atomic E-state index is 11.2. The highest BCUT2D eigenvalue weighted by atomic mass is 16.7. The van der Waals surface area contributed by atoms with Crippen molar-refractivity contribution in [2.45, 2.75) is 56.5 Å². The first-order valence-corrected chi connectivity index (χ1v) is 9.44. The highest BCUT2D eigenvalue weighted by Gasteiger charge is 2.47. The van der Waals surface area contributed by atoms with Crippen LogP contribution in [0, 0.1) is 5.92 Å². The number of aliphatic hydroxyl groups is 1. The van der Waals surface area contributed by atoms with Crippen molar-refractivity contribution in [3.05, 3.63) is 35.9 Å². The lowest BCUT2D eigenvalue weighted by Crippen LogP contribution is -2.51. The van der Waals surface area contributed by atoms with Gasteiger partial charge in [0.2, 0.25) is 0 Å². The van der Waals surface area contributed by atoms with E-state index in [9.17, 15) is 5.11 Å². The summed E-state index contributed by atoms with van der Waals surface area (Å²) in [6, 6.07) is 10.6. The van der Waals surface area contributed by atoms with E-state index in [0.717, 1.165) is 71.4 Å². The molecule has 2 aliphatic heterocycles. The molecule has 2 saturated heterocycles. The van der Waals surface area contributed by atoms with Crippen molar-refractivity contribution in [2.24, 2.45) is 5.92 Å². The number of rotatable bonds is 3. The molecule has 4 rings (SSSR count). The summed E-state index contributed by atoms with van der Waals surface area (Å²) in [4.78, 5) is 2.47. The van der Waals surface area contributed by atoms with Crippen LogP contribution in [0.1, 0.15) is 44.1 Å². The summed E-state index contributed by atoms with van der Waals surface area (Å²) in [5.41, 5.74) is 0.867. The van der Waals surface area contributed by atoms with E-state index in [-0.39, 0.29) is 5.79 Å². The Morgan fingerprint density at radius 1 is 0.958 bits per heavy atom. The number of nitrogens with zero attached hydrogens (tertiary/aromatic N) is 1. The van der Waals surface area contributed by atoms with Gasteiger partial charge in [0, 0.05) is 32.5 Å². The molecule has 1 aliphatic carbocycles. The molecule has 4 nitrogen and oxygen atoms in total. The lowest BCUT2D eigenvalue weighted by molar-refractivity contribution is -0.197. The Bertz CT molecular complexity index is 523.